The molecule has 1 aromatic carbocycles. The number of aliphatic hydroxyl groups is 1. The van der Waals surface area contributed by atoms with Gasteiger partial charge in [-0.05, 0) is 37.5 Å². The number of hydrogen-bond donors (Lipinski definition) is 3. The van der Waals surface area contributed by atoms with Crippen LogP contribution in [0.4, 0.5) is 5.69 Å². The van der Waals surface area contributed by atoms with Crippen molar-refractivity contribution < 1.29 is 9.90 Å². The molecule has 0 heterocycles. The van der Waals surface area contributed by atoms with Crippen LogP contribution in [-0.4, -0.2) is 23.2 Å². The van der Waals surface area contributed by atoms with Gasteiger partial charge in [0, 0.05) is 17.8 Å². The fraction of sp³-hybridized carbons (Fsp3) is 0.533. The van der Waals surface area contributed by atoms with Gasteiger partial charge in [-0.1, -0.05) is 25.3 Å². The first-order valence-electron chi connectivity index (χ1n) is 6.87. The van der Waals surface area contributed by atoms with Gasteiger partial charge in [0.15, 0.2) is 0 Å². The standard InChI is InChI=1S/C15H22N2O2/c1-11-12(6-5-7-13(11)16)14(18)17-10-15(19)8-3-2-4-9-15/h5-7,19H,2-4,8-10,16H2,1H3,(H,17,18). The Bertz CT molecular complexity index is 465. The van der Waals surface area contributed by atoms with Gasteiger partial charge in [0.25, 0.3) is 5.91 Å². The van der Waals surface area contributed by atoms with Gasteiger partial charge in [-0.15, -0.1) is 0 Å². The Morgan fingerprint density at radius 1 is 1.37 bits per heavy atom. The van der Waals surface area contributed by atoms with Crippen LogP contribution in [-0.2, 0) is 0 Å². The van der Waals surface area contributed by atoms with Gasteiger partial charge in [-0.2, -0.15) is 0 Å². The molecule has 1 fully saturated rings. The molecule has 4 heteroatoms. The molecule has 1 saturated carbocycles. The third-order valence-corrected chi connectivity index (χ3v) is 3.98. The zero-order valence-corrected chi connectivity index (χ0v) is 11.4. The molecule has 0 saturated heterocycles. The van der Waals surface area contributed by atoms with E-state index in [-0.39, 0.29) is 5.91 Å². The molecule has 4 nitrogen and oxygen atoms in total. The van der Waals surface area contributed by atoms with Crippen LogP contribution in [0.15, 0.2) is 18.2 Å². The monoisotopic (exact) mass is 262 g/mol. The summed E-state index contributed by atoms with van der Waals surface area (Å²) in [5.41, 5.74) is 7.05. The van der Waals surface area contributed by atoms with E-state index in [0.717, 1.165) is 31.2 Å². The van der Waals surface area contributed by atoms with E-state index < -0.39 is 5.60 Å². The van der Waals surface area contributed by atoms with Crippen molar-refractivity contribution in [3.8, 4) is 0 Å². The minimum Gasteiger partial charge on any atom is -0.398 e. The Hall–Kier alpha value is -1.55. The van der Waals surface area contributed by atoms with Crippen molar-refractivity contribution in [1.82, 2.24) is 5.32 Å². The lowest BCUT2D eigenvalue weighted by molar-refractivity contribution is 0.00525. The maximum atomic E-state index is 12.1. The molecule has 1 amide bonds. The molecule has 1 aliphatic carbocycles. The van der Waals surface area contributed by atoms with Gasteiger partial charge >= 0.3 is 0 Å². The molecule has 1 aromatic rings. The molecule has 0 spiro atoms. The first-order chi connectivity index (χ1) is 9.02. The summed E-state index contributed by atoms with van der Waals surface area (Å²) < 4.78 is 0. The predicted octanol–water partition coefficient (Wildman–Crippen LogP) is 2.00. The molecule has 0 bridgehead atoms. The van der Waals surface area contributed by atoms with Crippen molar-refractivity contribution in [1.29, 1.82) is 0 Å². The van der Waals surface area contributed by atoms with Gasteiger partial charge < -0.3 is 16.2 Å². The largest absolute Gasteiger partial charge is 0.398 e. The fourth-order valence-corrected chi connectivity index (χ4v) is 2.63. The van der Waals surface area contributed by atoms with E-state index in [0.29, 0.717) is 17.8 Å². The Kier molecular flexibility index (Phi) is 4.10. The minimum absolute atomic E-state index is 0.163. The second-order valence-corrected chi connectivity index (χ2v) is 5.49. The predicted molar refractivity (Wildman–Crippen MR) is 76.0 cm³/mol. The molecular formula is C15H22N2O2. The summed E-state index contributed by atoms with van der Waals surface area (Å²) in [4.78, 5) is 12.1. The van der Waals surface area contributed by atoms with Crippen molar-refractivity contribution in [2.75, 3.05) is 12.3 Å². The molecular weight excluding hydrogens is 240 g/mol. The summed E-state index contributed by atoms with van der Waals surface area (Å²) in [6.07, 6.45) is 4.77. The average molecular weight is 262 g/mol. The van der Waals surface area contributed by atoms with Crippen LogP contribution >= 0.6 is 0 Å². The van der Waals surface area contributed by atoms with Crippen molar-refractivity contribution >= 4 is 11.6 Å². The van der Waals surface area contributed by atoms with Gasteiger partial charge in [-0.3, -0.25) is 4.79 Å². The van der Waals surface area contributed by atoms with Crippen molar-refractivity contribution in [3.05, 3.63) is 29.3 Å². The van der Waals surface area contributed by atoms with E-state index in [2.05, 4.69) is 5.32 Å². The fourth-order valence-electron chi connectivity index (χ4n) is 2.63. The van der Waals surface area contributed by atoms with Crippen LogP contribution in [0.25, 0.3) is 0 Å². The van der Waals surface area contributed by atoms with Gasteiger partial charge in [0.2, 0.25) is 0 Å². The van der Waals surface area contributed by atoms with E-state index in [9.17, 15) is 9.90 Å². The number of nitrogens with one attached hydrogen (secondary N) is 1. The first-order valence-corrected chi connectivity index (χ1v) is 6.87. The molecule has 104 valence electrons. The molecule has 0 unspecified atom stereocenters. The molecule has 0 atom stereocenters. The summed E-state index contributed by atoms with van der Waals surface area (Å²) in [6, 6.07) is 5.30. The lowest BCUT2D eigenvalue weighted by Crippen LogP contribution is -2.44. The molecule has 2 rings (SSSR count). The normalized spacial score (nSPS) is 18.0. The van der Waals surface area contributed by atoms with E-state index in [1.165, 1.54) is 6.42 Å². The summed E-state index contributed by atoms with van der Waals surface area (Å²) in [6.45, 7) is 2.15. The zero-order chi connectivity index (χ0) is 13.9. The van der Waals surface area contributed by atoms with Crippen LogP contribution in [0, 0.1) is 6.92 Å². The third kappa shape index (κ3) is 3.26. The van der Waals surface area contributed by atoms with Crippen molar-refractivity contribution in [3.63, 3.8) is 0 Å². The molecule has 0 aromatic heterocycles. The number of benzene rings is 1. The number of carbonyl (C=O) groups is 1. The lowest BCUT2D eigenvalue weighted by Gasteiger charge is -2.32. The minimum atomic E-state index is -0.734. The number of nitrogen functional groups attached to an aromatic ring is 1. The summed E-state index contributed by atoms with van der Waals surface area (Å²) in [5, 5.41) is 13.2. The highest BCUT2D eigenvalue weighted by atomic mass is 16.3. The van der Waals surface area contributed by atoms with Gasteiger partial charge in [0.1, 0.15) is 0 Å². The number of rotatable bonds is 3. The Balaban J connectivity index is 1.99. The molecule has 1 aliphatic rings. The zero-order valence-electron chi connectivity index (χ0n) is 11.4. The Morgan fingerprint density at radius 3 is 2.74 bits per heavy atom. The van der Waals surface area contributed by atoms with Gasteiger partial charge in [-0.25, -0.2) is 0 Å². The summed E-state index contributed by atoms with van der Waals surface area (Å²) in [7, 11) is 0. The van der Waals surface area contributed by atoms with Crippen LogP contribution in [0.2, 0.25) is 0 Å². The number of hydrogen-bond acceptors (Lipinski definition) is 3. The third-order valence-electron chi connectivity index (χ3n) is 3.98. The van der Waals surface area contributed by atoms with E-state index in [1.54, 1.807) is 18.2 Å². The van der Waals surface area contributed by atoms with Crippen LogP contribution in [0.1, 0.15) is 48.0 Å². The van der Waals surface area contributed by atoms with Crippen LogP contribution in [0.3, 0.4) is 0 Å². The maximum absolute atomic E-state index is 12.1. The highest BCUT2D eigenvalue weighted by Gasteiger charge is 2.29. The van der Waals surface area contributed by atoms with E-state index >= 15 is 0 Å². The SMILES string of the molecule is Cc1c(N)cccc1C(=O)NCC1(O)CCCCC1. The Labute approximate surface area is 114 Å². The number of amides is 1. The van der Waals surface area contributed by atoms with E-state index in [4.69, 9.17) is 5.73 Å². The van der Waals surface area contributed by atoms with E-state index in [1.807, 2.05) is 6.92 Å². The summed E-state index contributed by atoms with van der Waals surface area (Å²) >= 11 is 0. The second kappa shape index (κ2) is 5.61. The maximum Gasteiger partial charge on any atom is 0.251 e. The van der Waals surface area contributed by atoms with Crippen molar-refractivity contribution in [2.24, 2.45) is 0 Å². The highest BCUT2D eigenvalue weighted by molar-refractivity contribution is 5.96. The summed E-state index contributed by atoms with van der Waals surface area (Å²) in [5.74, 6) is -0.163. The topological polar surface area (TPSA) is 75.4 Å². The van der Waals surface area contributed by atoms with Gasteiger partial charge in [0.05, 0.1) is 5.60 Å². The second-order valence-electron chi connectivity index (χ2n) is 5.49. The first kappa shape index (κ1) is 13.9. The Morgan fingerprint density at radius 2 is 2.05 bits per heavy atom. The average Bonchev–Trinajstić information content (AvgIpc) is 2.40. The molecule has 19 heavy (non-hydrogen) atoms. The van der Waals surface area contributed by atoms with Crippen molar-refractivity contribution in [2.45, 2.75) is 44.6 Å². The quantitative estimate of drug-likeness (QED) is 0.729. The molecule has 0 aliphatic heterocycles. The smallest absolute Gasteiger partial charge is 0.251 e. The van der Waals surface area contributed by atoms with Crippen LogP contribution < -0.4 is 11.1 Å². The van der Waals surface area contributed by atoms with Crippen LogP contribution in [0.5, 0.6) is 0 Å². The number of nitrogens with two attached hydrogens (primary N) is 1. The molecule has 0 radical (unpaired) electrons. The molecule has 4 N–H and O–H groups in total. The highest BCUT2D eigenvalue weighted by Crippen LogP contribution is 2.27. The number of carbonyl (C=O) groups excluding carboxylic acids is 1. The number of anilines is 1. The lowest BCUT2D eigenvalue weighted by atomic mass is 9.85.